The van der Waals surface area contributed by atoms with Gasteiger partial charge in [0, 0.05) is 96.9 Å². The Kier molecular flexibility index (Phi) is 8.56. The van der Waals surface area contributed by atoms with E-state index >= 15 is 4.79 Å². The molecule has 59 heavy (non-hydrogen) atoms. The van der Waals surface area contributed by atoms with Crippen LogP contribution in [0.25, 0.3) is 10.9 Å². The van der Waals surface area contributed by atoms with E-state index in [-0.39, 0.29) is 23.7 Å². The van der Waals surface area contributed by atoms with Crippen molar-refractivity contribution in [3.63, 3.8) is 0 Å². The van der Waals surface area contributed by atoms with Gasteiger partial charge in [0.1, 0.15) is 16.8 Å². The summed E-state index contributed by atoms with van der Waals surface area (Å²) in [5.74, 6) is -1.37. The maximum Gasteiger partial charge on any atom is 0.344 e. The Balaban J connectivity index is 1.28. The minimum Gasteiger partial charge on any atom is -0.496 e. The monoisotopic (exact) mass is 808 g/mol. The van der Waals surface area contributed by atoms with Crippen molar-refractivity contribution in [1.29, 1.82) is 0 Å². The Morgan fingerprint density at radius 2 is 1.78 bits per heavy atom. The van der Waals surface area contributed by atoms with Gasteiger partial charge in [0.05, 0.1) is 33.5 Å². The summed E-state index contributed by atoms with van der Waals surface area (Å²) in [6.07, 6.45) is 5.94. The maximum atomic E-state index is 15.4. The van der Waals surface area contributed by atoms with E-state index in [1.165, 1.54) is 21.1 Å². The quantitative estimate of drug-likeness (QED) is 0.154. The fourth-order valence-electron chi connectivity index (χ4n) is 13.9. The molecule has 3 aromatic rings. The lowest BCUT2D eigenvalue weighted by molar-refractivity contribution is -0.228. The maximum absolute atomic E-state index is 15.4. The molecule has 0 radical (unpaired) electrons. The van der Waals surface area contributed by atoms with Crippen molar-refractivity contribution in [1.82, 2.24) is 14.8 Å². The number of methoxy groups -OCH3 is 3. The number of epoxide rings is 1. The van der Waals surface area contributed by atoms with E-state index in [0.29, 0.717) is 50.1 Å². The number of nitrogens with zero attached hydrogens (tertiary/aromatic N) is 3. The number of piperidine rings is 1. The van der Waals surface area contributed by atoms with Crippen LogP contribution in [0.3, 0.4) is 0 Å². The highest BCUT2D eigenvalue weighted by Gasteiger charge is 2.80. The Labute approximate surface area is 344 Å². The molecular formula is C46H56N4O9. The molecule has 314 valence electrons. The fourth-order valence-corrected chi connectivity index (χ4v) is 13.9. The van der Waals surface area contributed by atoms with Crippen LogP contribution in [0.2, 0.25) is 0 Å². The van der Waals surface area contributed by atoms with Gasteiger partial charge in [-0.1, -0.05) is 44.2 Å². The number of benzene rings is 2. The third-order valence-electron chi connectivity index (χ3n) is 16.0. The zero-order valence-corrected chi connectivity index (χ0v) is 35.1. The first-order valence-electron chi connectivity index (χ1n) is 21.3. The number of para-hydroxylation sites is 1. The standard InChI is InChI=1S/C46H56N4O9/c1-8-42-16-12-18-50-20-17-44(37(42)50)30-21-31(34(55-5)22-33(30)48(4)38(44)46(54,41(53)57-7)39(42)58-26(3)51)45(40(52)56-6)23-27-24-49(25-43(9-2)36(27)59-43)19-15-29-28-13-10-11-14-32(28)47-35(29)45/h10-14,16,21-22,27,36-39,47,54H,8-9,15,17-20,23-25H2,1-7H3/t27?,36?,37-,38?,39+,42+,43?,44+,45-,46-/m0/s1. The zero-order valence-electron chi connectivity index (χ0n) is 35.1. The molecule has 1 aliphatic carbocycles. The Morgan fingerprint density at radius 3 is 2.49 bits per heavy atom. The lowest BCUT2D eigenvalue weighted by atomic mass is 9.47. The van der Waals surface area contributed by atoms with Crippen LogP contribution >= 0.6 is 0 Å². The van der Waals surface area contributed by atoms with Crippen LogP contribution in [-0.4, -0.2) is 134 Å². The summed E-state index contributed by atoms with van der Waals surface area (Å²) < 4.78 is 30.7. The Bertz CT molecular complexity index is 2310. The first kappa shape index (κ1) is 38.8. The first-order valence-corrected chi connectivity index (χ1v) is 21.3. The molecule has 6 aliphatic heterocycles. The number of hydrogen-bond donors (Lipinski definition) is 2. The summed E-state index contributed by atoms with van der Waals surface area (Å²) in [6.45, 7) is 9.32. The molecule has 1 aromatic heterocycles. The van der Waals surface area contributed by atoms with Crippen molar-refractivity contribution >= 4 is 34.5 Å². The molecule has 7 heterocycles. The third-order valence-corrected chi connectivity index (χ3v) is 16.0. The number of carbonyl (C=O) groups excluding carboxylic acids is 3. The third kappa shape index (κ3) is 4.73. The van der Waals surface area contributed by atoms with E-state index in [0.717, 1.165) is 59.5 Å². The number of ether oxygens (including phenoxy) is 5. The summed E-state index contributed by atoms with van der Waals surface area (Å²) in [5, 5.41) is 14.4. The van der Waals surface area contributed by atoms with Gasteiger partial charge in [0.25, 0.3) is 0 Å². The van der Waals surface area contributed by atoms with E-state index in [9.17, 15) is 14.7 Å². The van der Waals surface area contributed by atoms with Crippen LogP contribution in [0.15, 0.2) is 48.6 Å². The van der Waals surface area contributed by atoms with Gasteiger partial charge in [-0.2, -0.15) is 0 Å². The molecule has 13 heteroatoms. The first-order chi connectivity index (χ1) is 28.3. The van der Waals surface area contributed by atoms with Gasteiger partial charge in [-0.3, -0.25) is 19.4 Å². The average molecular weight is 809 g/mol. The second kappa shape index (κ2) is 13.0. The average Bonchev–Trinajstić information content (AvgIpc) is 3.53. The zero-order chi connectivity index (χ0) is 41.4. The molecule has 2 aromatic carbocycles. The molecule has 11 atom stereocenters. The van der Waals surface area contributed by atoms with E-state index in [4.69, 9.17) is 23.7 Å². The van der Waals surface area contributed by atoms with E-state index < -0.39 is 51.9 Å². The molecule has 5 unspecified atom stereocenters. The highest BCUT2D eigenvalue weighted by Crippen LogP contribution is 2.68. The van der Waals surface area contributed by atoms with E-state index in [1.54, 1.807) is 7.11 Å². The van der Waals surface area contributed by atoms with Gasteiger partial charge in [-0.05, 0) is 61.9 Å². The van der Waals surface area contributed by atoms with Crippen molar-refractivity contribution in [2.75, 3.05) is 66.0 Å². The van der Waals surface area contributed by atoms with Gasteiger partial charge in [0.2, 0.25) is 5.60 Å². The van der Waals surface area contributed by atoms with E-state index in [1.807, 2.05) is 37.1 Å². The predicted octanol–water partition coefficient (Wildman–Crippen LogP) is 4.01. The van der Waals surface area contributed by atoms with Gasteiger partial charge in [0.15, 0.2) is 6.10 Å². The lowest BCUT2D eigenvalue weighted by Crippen LogP contribution is -2.81. The molecule has 13 nitrogen and oxygen atoms in total. The highest BCUT2D eigenvalue weighted by atomic mass is 16.6. The lowest BCUT2D eigenvalue weighted by Gasteiger charge is -2.63. The number of esters is 3. The van der Waals surface area contributed by atoms with Crippen LogP contribution in [-0.2, 0) is 50.6 Å². The number of aromatic amines is 1. The number of H-pyrrole nitrogens is 1. The van der Waals surface area contributed by atoms with Crippen molar-refractivity contribution in [2.45, 2.75) is 99.2 Å². The van der Waals surface area contributed by atoms with Crippen LogP contribution in [0.1, 0.15) is 68.8 Å². The molecule has 4 fully saturated rings. The minimum absolute atomic E-state index is 0.00603. The van der Waals surface area contributed by atoms with Crippen molar-refractivity contribution in [3.8, 4) is 5.75 Å². The Morgan fingerprint density at radius 1 is 1.00 bits per heavy atom. The molecule has 7 aliphatic rings. The number of carbonyl (C=O) groups is 3. The second-order valence-electron chi connectivity index (χ2n) is 18.3. The minimum atomic E-state index is -2.29. The van der Waals surface area contributed by atoms with Gasteiger partial charge in [-0.25, -0.2) is 4.79 Å². The smallest absolute Gasteiger partial charge is 0.344 e. The largest absolute Gasteiger partial charge is 0.496 e. The molecule has 1 spiro atoms. The number of fused-ring (bicyclic) bond motifs is 8. The van der Waals surface area contributed by atoms with Gasteiger partial charge < -0.3 is 38.7 Å². The number of likely N-dealkylation sites (N-methyl/N-ethyl adjacent to an activating group) is 1. The predicted molar refractivity (Wildman–Crippen MR) is 218 cm³/mol. The Hall–Kier alpha value is -4.43. The molecule has 0 amide bonds. The normalized spacial score (nSPS) is 38.7. The summed E-state index contributed by atoms with van der Waals surface area (Å²) in [6, 6.07) is 11.2. The summed E-state index contributed by atoms with van der Waals surface area (Å²) in [4.78, 5) is 53.5. The molecule has 3 saturated heterocycles. The SMILES string of the molecule is CCC12CN3CCc4c([nH]c5ccccc45)[C@@](C(=O)OC)(c4cc5c(cc4OC)N(C)C4[C@]56CCN5CC=C[C@@](CC)([C@@H](OC(C)=O)[C@]4(O)C(=O)OC)[C@H]56)CC(C3)C1O2. The van der Waals surface area contributed by atoms with Gasteiger partial charge >= 0.3 is 17.9 Å². The van der Waals surface area contributed by atoms with Crippen molar-refractivity contribution < 1.29 is 43.2 Å². The summed E-state index contributed by atoms with van der Waals surface area (Å²) >= 11 is 0. The number of anilines is 1. The number of hydrogen-bond acceptors (Lipinski definition) is 12. The molecular weight excluding hydrogens is 753 g/mol. The number of aromatic nitrogens is 1. The van der Waals surface area contributed by atoms with Crippen LogP contribution in [0.5, 0.6) is 5.75 Å². The van der Waals surface area contributed by atoms with Gasteiger partial charge in [-0.15, -0.1) is 0 Å². The van der Waals surface area contributed by atoms with Crippen LogP contribution in [0.4, 0.5) is 5.69 Å². The highest BCUT2D eigenvalue weighted by molar-refractivity contribution is 5.95. The summed E-state index contributed by atoms with van der Waals surface area (Å²) in [5.41, 5.74) is -0.627. The molecule has 10 rings (SSSR count). The molecule has 1 saturated carbocycles. The second-order valence-corrected chi connectivity index (χ2v) is 18.3. The fraction of sp³-hybridized carbons (Fsp3) is 0.587. The number of aliphatic hydroxyl groups is 1. The molecule has 2 bridgehead atoms. The number of rotatable bonds is 7. The summed E-state index contributed by atoms with van der Waals surface area (Å²) in [7, 11) is 6.23. The number of nitrogens with one attached hydrogen (secondary N) is 1. The van der Waals surface area contributed by atoms with Crippen molar-refractivity contribution in [2.24, 2.45) is 11.3 Å². The van der Waals surface area contributed by atoms with Crippen molar-refractivity contribution in [3.05, 3.63) is 70.9 Å². The van der Waals surface area contributed by atoms with E-state index in [2.05, 4.69) is 52.1 Å². The molecule has 2 N–H and O–H groups in total. The topological polar surface area (TPSA) is 146 Å². The van der Waals surface area contributed by atoms with Crippen LogP contribution < -0.4 is 9.64 Å². The van der Waals surface area contributed by atoms with Crippen LogP contribution in [0, 0.1) is 11.3 Å².